The summed E-state index contributed by atoms with van der Waals surface area (Å²) in [6, 6.07) is 1.18. The van der Waals surface area contributed by atoms with E-state index in [9.17, 15) is 0 Å². The molecule has 0 amide bonds. The number of thiazole rings is 1. The Balaban J connectivity index is 2.00. The molecule has 1 N–H and O–H groups in total. The van der Waals surface area contributed by atoms with Gasteiger partial charge in [-0.15, -0.1) is 11.3 Å². The van der Waals surface area contributed by atoms with Gasteiger partial charge in [-0.3, -0.25) is 0 Å². The molecule has 15 heavy (non-hydrogen) atoms. The number of hydrogen-bond donors (Lipinski definition) is 1. The predicted octanol–water partition coefficient (Wildman–Crippen LogP) is 2.11. The van der Waals surface area contributed by atoms with Crippen molar-refractivity contribution in [3.63, 3.8) is 0 Å². The molecule has 0 radical (unpaired) electrons. The van der Waals surface area contributed by atoms with Crippen LogP contribution in [0.25, 0.3) is 0 Å². The minimum atomic E-state index is 0.526. The summed E-state index contributed by atoms with van der Waals surface area (Å²) in [5.74, 6) is 0. The summed E-state index contributed by atoms with van der Waals surface area (Å²) in [4.78, 5) is 6.79. The highest BCUT2D eigenvalue weighted by Crippen LogP contribution is 2.21. The van der Waals surface area contributed by atoms with Gasteiger partial charge in [0, 0.05) is 30.2 Å². The SMILES string of the molecule is CC(C)N(CC1CCCN1)c1nccs1. The summed E-state index contributed by atoms with van der Waals surface area (Å²) in [5, 5.41) is 6.74. The van der Waals surface area contributed by atoms with Crippen LogP contribution in [0.4, 0.5) is 5.13 Å². The highest BCUT2D eigenvalue weighted by molar-refractivity contribution is 7.13. The first kappa shape index (κ1) is 10.9. The Kier molecular flexibility index (Phi) is 3.59. The van der Waals surface area contributed by atoms with Crippen LogP contribution >= 0.6 is 11.3 Å². The molecule has 1 fully saturated rings. The standard InChI is InChI=1S/C11H19N3S/c1-9(2)14(11-13-6-7-15-11)8-10-4-3-5-12-10/h6-7,9-10,12H,3-5,8H2,1-2H3. The molecule has 1 aromatic heterocycles. The minimum absolute atomic E-state index is 0.526. The lowest BCUT2D eigenvalue weighted by atomic mass is 10.2. The molecule has 0 bridgehead atoms. The summed E-state index contributed by atoms with van der Waals surface area (Å²) >= 11 is 1.73. The van der Waals surface area contributed by atoms with Gasteiger partial charge in [-0.25, -0.2) is 4.98 Å². The van der Waals surface area contributed by atoms with Crippen LogP contribution in [0.15, 0.2) is 11.6 Å². The summed E-state index contributed by atoms with van der Waals surface area (Å²) < 4.78 is 0. The number of aromatic nitrogens is 1. The topological polar surface area (TPSA) is 28.2 Å². The van der Waals surface area contributed by atoms with Crippen LogP contribution in [0.1, 0.15) is 26.7 Å². The third kappa shape index (κ3) is 2.69. The average molecular weight is 225 g/mol. The molecule has 1 atom stereocenters. The first-order chi connectivity index (χ1) is 7.27. The third-order valence-corrected chi connectivity index (χ3v) is 3.68. The maximum Gasteiger partial charge on any atom is 0.185 e. The summed E-state index contributed by atoms with van der Waals surface area (Å²) in [6.45, 7) is 6.73. The van der Waals surface area contributed by atoms with E-state index in [-0.39, 0.29) is 0 Å². The minimum Gasteiger partial charge on any atom is -0.344 e. The van der Waals surface area contributed by atoms with Crippen LogP contribution in [0.5, 0.6) is 0 Å². The van der Waals surface area contributed by atoms with E-state index in [0.29, 0.717) is 12.1 Å². The van der Waals surface area contributed by atoms with Crippen LogP contribution in [-0.2, 0) is 0 Å². The second-order valence-electron chi connectivity index (χ2n) is 4.35. The van der Waals surface area contributed by atoms with Crippen molar-refractivity contribution < 1.29 is 0 Å². The molecule has 0 saturated carbocycles. The third-order valence-electron chi connectivity index (χ3n) is 2.87. The zero-order valence-corrected chi connectivity index (χ0v) is 10.3. The number of rotatable bonds is 4. The predicted molar refractivity (Wildman–Crippen MR) is 65.6 cm³/mol. The maximum atomic E-state index is 4.40. The summed E-state index contributed by atoms with van der Waals surface area (Å²) in [7, 11) is 0. The number of nitrogens with zero attached hydrogens (tertiary/aromatic N) is 2. The van der Waals surface area contributed by atoms with E-state index in [1.807, 2.05) is 11.6 Å². The molecule has 1 aromatic rings. The van der Waals surface area contributed by atoms with Crippen molar-refractivity contribution in [1.29, 1.82) is 0 Å². The fraction of sp³-hybridized carbons (Fsp3) is 0.727. The Morgan fingerprint density at radius 1 is 1.67 bits per heavy atom. The highest BCUT2D eigenvalue weighted by atomic mass is 32.1. The van der Waals surface area contributed by atoms with E-state index >= 15 is 0 Å². The highest BCUT2D eigenvalue weighted by Gasteiger charge is 2.20. The van der Waals surface area contributed by atoms with E-state index in [1.165, 1.54) is 19.4 Å². The van der Waals surface area contributed by atoms with Gasteiger partial charge < -0.3 is 10.2 Å². The van der Waals surface area contributed by atoms with Crippen molar-refractivity contribution in [3.8, 4) is 0 Å². The summed E-state index contributed by atoms with van der Waals surface area (Å²) in [6.07, 6.45) is 4.50. The lowest BCUT2D eigenvalue weighted by Gasteiger charge is -2.29. The first-order valence-electron chi connectivity index (χ1n) is 5.67. The van der Waals surface area contributed by atoms with Crippen molar-refractivity contribution in [1.82, 2.24) is 10.3 Å². The van der Waals surface area contributed by atoms with Gasteiger partial charge in [-0.05, 0) is 33.2 Å². The largest absolute Gasteiger partial charge is 0.344 e. The summed E-state index contributed by atoms with van der Waals surface area (Å²) in [5.41, 5.74) is 0. The fourth-order valence-electron chi connectivity index (χ4n) is 2.02. The first-order valence-corrected chi connectivity index (χ1v) is 6.55. The van der Waals surface area contributed by atoms with Gasteiger partial charge in [-0.1, -0.05) is 0 Å². The maximum absolute atomic E-state index is 4.40. The second kappa shape index (κ2) is 4.94. The van der Waals surface area contributed by atoms with Gasteiger partial charge in [0.25, 0.3) is 0 Å². The Bertz CT molecular complexity index is 278. The lowest BCUT2D eigenvalue weighted by Crippen LogP contribution is -2.41. The molecule has 0 aliphatic carbocycles. The van der Waals surface area contributed by atoms with E-state index in [4.69, 9.17) is 0 Å². The van der Waals surface area contributed by atoms with Crippen LogP contribution in [0.2, 0.25) is 0 Å². The Labute approximate surface area is 95.5 Å². The normalized spacial score (nSPS) is 21.1. The molecule has 0 spiro atoms. The molecular weight excluding hydrogens is 206 g/mol. The smallest absolute Gasteiger partial charge is 0.185 e. The monoisotopic (exact) mass is 225 g/mol. The van der Waals surface area contributed by atoms with E-state index in [2.05, 4.69) is 29.0 Å². The van der Waals surface area contributed by atoms with Gasteiger partial charge in [0.1, 0.15) is 0 Å². The van der Waals surface area contributed by atoms with Gasteiger partial charge in [0.15, 0.2) is 5.13 Å². The molecule has 2 heterocycles. The number of anilines is 1. The number of hydrogen-bond acceptors (Lipinski definition) is 4. The van der Waals surface area contributed by atoms with Crippen LogP contribution in [0.3, 0.4) is 0 Å². The Hall–Kier alpha value is -0.610. The lowest BCUT2D eigenvalue weighted by molar-refractivity contribution is 0.552. The second-order valence-corrected chi connectivity index (χ2v) is 5.23. The Morgan fingerprint density at radius 3 is 3.07 bits per heavy atom. The zero-order valence-electron chi connectivity index (χ0n) is 9.44. The van der Waals surface area contributed by atoms with E-state index in [0.717, 1.165) is 11.7 Å². The van der Waals surface area contributed by atoms with Crippen molar-refractivity contribution in [2.24, 2.45) is 0 Å². The molecule has 3 nitrogen and oxygen atoms in total. The van der Waals surface area contributed by atoms with Crippen LogP contribution in [-0.4, -0.2) is 30.2 Å². The molecule has 1 unspecified atom stereocenters. The van der Waals surface area contributed by atoms with Gasteiger partial charge >= 0.3 is 0 Å². The van der Waals surface area contributed by atoms with Gasteiger partial charge in [-0.2, -0.15) is 0 Å². The Morgan fingerprint density at radius 2 is 2.53 bits per heavy atom. The molecule has 4 heteroatoms. The molecular formula is C11H19N3S. The quantitative estimate of drug-likeness (QED) is 0.850. The van der Waals surface area contributed by atoms with Crippen molar-refractivity contribution in [2.45, 2.75) is 38.8 Å². The van der Waals surface area contributed by atoms with Crippen LogP contribution in [0, 0.1) is 0 Å². The van der Waals surface area contributed by atoms with Crippen molar-refractivity contribution in [2.75, 3.05) is 18.0 Å². The van der Waals surface area contributed by atoms with Gasteiger partial charge in [0.05, 0.1) is 0 Å². The fourth-order valence-corrected chi connectivity index (χ4v) is 2.80. The van der Waals surface area contributed by atoms with E-state index < -0.39 is 0 Å². The van der Waals surface area contributed by atoms with Crippen molar-refractivity contribution in [3.05, 3.63) is 11.6 Å². The van der Waals surface area contributed by atoms with Crippen LogP contribution < -0.4 is 10.2 Å². The number of nitrogens with one attached hydrogen (secondary N) is 1. The average Bonchev–Trinajstić information content (AvgIpc) is 2.87. The zero-order chi connectivity index (χ0) is 10.7. The molecule has 0 aromatic carbocycles. The molecule has 1 aliphatic rings. The van der Waals surface area contributed by atoms with E-state index in [1.54, 1.807) is 11.3 Å². The molecule has 1 saturated heterocycles. The molecule has 2 rings (SSSR count). The van der Waals surface area contributed by atoms with Crippen molar-refractivity contribution >= 4 is 16.5 Å². The molecule has 1 aliphatic heterocycles. The van der Waals surface area contributed by atoms with Gasteiger partial charge in [0.2, 0.25) is 0 Å². The molecule has 84 valence electrons.